The number of rotatable bonds is 9. The summed E-state index contributed by atoms with van der Waals surface area (Å²) in [5.41, 5.74) is 8.48. The Hall–Kier alpha value is -3.25. The van der Waals surface area contributed by atoms with Crippen LogP contribution in [0.25, 0.3) is 11.0 Å². The van der Waals surface area contributed by atoms with Gasteiger partial charge < -0.3 is 35.9 Å². The van der Waals surface area contributed by atoms with E-state index in [1.807, 2.05) is 24.3 Å². The molecule has 11 heteroatoms. The van der Waals surface area contributed by atoms with Crippen molar-refractivity contribution in [3.05, 3.63) is 48.4 Å². The summed E-state index contributed by atoms with van der Waals surface area (Å²) in [6.45, 7) is 12.2. The van der Waals surface area contributed by atoms with Gasteiger partial charge in [-0.3, -0.25) is 4.90 Å². The molecule has 2 amide bonds. The van der Waals surface area contributed by atoms with E-state index in [0.29, 0.717) is 42.9 Å². The van der Waals surface area contributed by atoms with Crippen molar-refractivity contribution in [2.75, 3.05) is 30.7 Å². The third-order valence-electron chi connectivity index (χ3n) is 7.21. The maximum absolute atomic E-state index is 12.4. The van der Waals surface area contributed by atoms with Crippen molar-refractivity contribution in [1.82, 2.24) is 24.8 Å². The minimum absolute atomic E-state index is 0.0573. The van der Waals surface area contributed by atoms with Crippen LogP contribution in [0.3, 0.4) is 0 Å². The Kier molecular flexibility index (Phi) is 8.75. The molecule has 0 unspecified atom stereocenters. The molecule has 0 saturated carbocycles. The fourth-order valence-corrected chi connectivity index (χ4v) is 4.81. The maximum Gasteiger partial charge on any atom is 0.319 e. The molecule has 3 heterocycles. The van der Waals surface area contributed by atoms with E-state index in [-0.39, 0.29) is 17.5 Å². The lowest BCUT2D eigenvalue weighted by Gasteiger charge is -2.30. The van der Waals surface area contributed by atoms with E-state index in [9.17, 15) is 15.0 Å². The Bertz CT molecular complexity index is 1260. The van der Waals surface area contributed by atoms with Gasteiger partial charge in [-0.15, -0.1) is 0 Å². The first-order chi connectivity index (χ1) is 18.5. The van der Waals surface area contributed by atoms with Crippen molar-refractivity contribution in [1.29, 1.82) is 0 Å². The van der Waals surface area contributed by atoms with E-state index in [2.05, 4.69) is 60.1 Å². The van der Waals surface area contributed by atoms with E-state index in [1.165, 1.54) is 11.9 Å². The number of nitrogens with zero attached hydrogens (tertiary/aromatic N) is 4. The van der Waals surface area contributed by atoms with Gasteiger partial charge in [-0.05, 0) is 49.4 Å². The van der Waals surface area contributed by atoms with E-state index in [4.69, 9.17) is 10.5 Å². The van der Waals surface area contributed by atoms with Crippen molar-refractivity contribution in [2.24, 2.45) is 0 Å². The lowest BCUT2D eigenvalue weighted by molar-refractivity contribution is -0.0465. The lowest BCUT2D eigenvalue weighted by Crippen LogP contribution is -2.44. The Balaban J connectivity index is 1.27. The summed E-state index contributed by atoms with van der Waals surface area (Å²) < 4.78 is 7.82. The lowest BCUT2D eigenvalue weighted by atomic mass is 9.87. The number of hydrogen-bond acceptors (Lipinski definition) is 8. The molecule has 4 rings (SSSR count). The summed E-state index contributed by atoms with van der Waals surface area (Å²) in [6, 6.07) is 9.57. The number of carbonyl (C=O) groups excluding carboxylic acids is 1. The molecule has 6 N–H and O–H groups in total. The third-order valence-corrected chi connectivity index (χ3v) is 7.21. The minimum atomic E-state index is -1.13. The molecule has 39 heavy (non-hydrogen) atoms. The van der Waals surface area contributed by atoms with Gasteiger partial charge in [-0.25, -0.2) is 14.8 Å². The zero-order valence-corrected chi connectivity index (χ0v) is 23.3. The molecule has 1 saturated heterocycles. The minimum Gasteiger partial charge on any atom is -0.387 e. The Morgan fingerprint density at radius 3 is 2.54 bits per heavy atom. The van der Waals surface area contributed by atoms with Crippen LogP contribution in [0.15, 0.2) is 42.9 Å². The summed E-state index contributed by atoms with van der Waals surface area (Å²) in [4.78, 5) is 22.8. The molecule has 2 aromatic heterocycles. The highest BCUT2D eigenvalue weighted by atomic mass is 16.6. The van der Waals surface area contributed by atoms with Gasteiger partial charge in [0.1, 0.15) is 36.1 Å². The summed E-state index contributed by atoms with van der Waals surface area (Å²) in [5, 5.41) is 28.0. The van der Waals surface area contributed by atoms with Crippen LogP contribution in [0.1, 0.15) is 52.8 Å². The smallest absolute Gasteiger partial charge is 0.319 e. The van der Waals surface area contributed by atoms with Crippen LogP contribution >= 0.6 is 0 Å². The molecule has 0 aliphatic carbocycles. The fourth-order valence-electron chi connectivity index (χ4n) is 4.81. The monoisotopic (exact) mass is 539 g/mol. The molecule has 0 radical (unpaired) electrons. The second kappa shape index (κ2) is 11.9. The average molecular weight is 540 g/mol. The van der Waals surface area contributed by atoms with E-state index < -0.39 is 24.5 Å². The van der Waals surface area contributed by atoms with Gasteiger partial charge in [0.2, 0.25) is 0 Å². The molecule has 1 aliphatic heterocycles. The number of urea groups is 1. The number of aliphatic hydroxyl groups excluding tert-OH is 2. The van der Waals surface area contributed by atoms with Gasteiger partial charge in [0.25, 0.3) is 0 Å². The highest BCUT2D eigenvalue weighted by Gasteiger charge is 2.44. The number of nitrogens with one attached hydrogen (secondary N) is 2. The number of aromatic nitrogens is 3. The number of carbonyl (C=O) groups is 1. The number of hydrogen-bond donors (Lipinski definition) is 5. The summed E-state index contributed by atoms with van der Waals surface area (Å²) in [5.74, 6) is 0.343. The molecule has 0 spiro atoms. The second-order valence-electron chi connectivity index (χ2n) is 11.4. The summed E-state index contributed by atoms with van der Waals surface area (Å²) in [7, 11) is 0. The highest BCUT2D eigenvalue weighted by molar-refractivity contribution is 5.89. The average Bonchev–Trinajstić information content (AvgIpc) is 3.42. The molecular formula is C28H41N7O4. The number of amides is 2. The van der Waals surface area contributed by atoms with Gasteiger partial charge in [0, 0.05) is 37.6 Å². The summed E-state index contributed by atoms with van der Waals surface area (Å²) >= 11 is 0. The van der Waals surface area contributed by atoms with Crippen molar-refractivity contribution in [2.45, 2.75) is 77.0 Å². The molecule has 1 aliphatic rings. The Labute approximate surface area is 229 Å². The van der Waals surface area contributed by atoms with Crippen molar-refractivity contribution >= 4 is 28.6 Å². The van der Waals surface area contributed by atoms with Crippen LogP contribution < -0.4 is 16.4 Å². The molecule has 212 valence electrons. The Morgan fingerprint density at radius 1 is 1.15 bits per heavy atom. The predicted octanol–water partition coefficient (Wildman–Crippen LogP) is 2.85. The molecule has 1 aromatic carbocycles. The first kappa shape index (κ1) is 28.8. The number of fused-ring (bicyclic) bond motifs is 1. The van der Waals surface area contributed by atoms with Crippen LogP contribution in [0.4, 0.5) is 16.3 Å². The van der Waals surface area contributed by atoms with Crippen LogP contribution in [-0.4, -0.2) is 79.7 Å². The molecule has 3 aromatic rings. The van der Waals surface area contributed by atoms with E-state index in [0.717, 1.165) is 5.69 Å². The van der Waals surface area contributed by atoms with Crippen LogP contribution in [-0.2, 0) is 10.2 Å². The molecule has 0 bridgehead atoms. The molecule has 1 fully saturated rings. The van der Waals surface area contributed by atoms with Gasteiger partial charge in [-0.2, -0.15) is 0 Å². The molecule has 11 nitrogen and oxygen atoms in total. The predicted molar refractivity (Wildman–Crippen MR) is 151 cm³/mol. The van der Waals surface area contributed by atoms with Gasteiger partial charge in [0.15, 0.2) is 6.23 Å². The number of nitrogen functional groups attached to an aromatic ring is 1. The Morgan fingerprint density at radius 2 is 1.87 bits per heavy atom. The van der Waals surface area contributed by atoms with Crippen LogP contribution in [0, 0.1) is 0 Å². The number of benzene rings is 1. The summed E-state index contributed by atoms with van der Waals surface area (Å²) in [6.07, 6.45) is 0.210. The standard InChI is InChI=1S/C28H41N7O4/c1-17(2)34(13-6-12-30-27(38)33-19-9-7-18(8-10-19)28(3,4)5)15-21-22(36)23(37)26(39-21)35-14-11-20-24(29)31-16-32-25(20)35/h7-11,14,16-17,21-23,26,36-37H,6,12-13,15H2,1-5H3,(H2,29,31,32)(H2,30,33,38)/t21-,22-,23+,26-/m1/s1. The van der Waals surface area contributed by atoms with E-state index in [1.54, 1.807) is 16.8 Å². The van der Waals surface area contributed by atoms with Gasteiger partial charge in [-0.1, -0.05) is 32.9 Å². The van der Waals surface area contributed by atoms with Crippen molar-refractivity contribution in [3.8, 4) is 0 Å². The SMILES string of the molecule is CC(C)N(CCCNC(=O)Nc1ccc(C(C)(C)C)cc1)C[C@H]1O[C@@H](n2ccc3c(N)ncnc32)[C@@H](O)[C@@H]1O. The fraction of sp³-hybridized carbons (Fsp3) is 0.536. The van der Waals surface area contributed by atoms with E-state index >= 15 is 0 Å². The number of anilines is 2. The topological polar surface area (TPSA) is 151 Å². The number of nitrogens with two attached hydrogens (primary N) is 1. The number of aliphatic hydroxyl groups is 2. The van der Waals surface area contributed by atoms with Crippen LogP contribution in [0.2, 0.25) is 0 Å². The van der Waals surface area contributed by atoms with Gasteiger partial charge >= 0.3 is 6.03 Å². The van der Waals surface area contributed by atoms with Crippen molar-refractivity contribution in [3.63, 3.8) is 0 Å². The zero-order chi connectivity index (χ0) is 28.3. The van der Waals surface area contributed by atoms with Gasteiger partial charge in [0.05, 0.1) is 5.39 Å². The molecular weight excluding hydrogens is 498 g/mol. The zero-order valence-electron chi connectivity index (χ0n) is 23.3. The van der Waals surface area contributed by atoms with Crippen molar-refractivity contribution < 1.29 is 19.7 Å². The maximum atomic E-state index is 12.4. The highest BCUT2D eigenvalue weighted by Crippen LogP contribution is 2.33. The number of ether oxygens (including phenoxy) is 1. The first-order valence-electron chi connectivity index (χ1n) is 13.4. The molecule has 4 atom stereocenters. The quantitative estimate of drug-likeness (QED) is 0.261. The first-order valence-corrected chi connectivity index (χ1v) is 13.4. The second-order valence-corrected chi connectivity index (χ2v) is 11.4. The third kappa shape index (κ3) is 6.67. The normalized spacial score (nSPS) is 21.7. The largest absolute Gasteiger partial charge is 0.387 e. The van der Waals surface area contributed by atoms with Crippen LogP contribution in [0.5, 0.6) is 0 Å².